The molecule has 23 nitrogen and oxygen atoms in total. The third-order valence-electron chi connectivity index (χ3n) is 15.6. The Labute approximate surface area is 489 Å². The fourth-order valence-electron chi connectivity index (χ4n) is 9.68. The van der Waals surface area contributed by atoms with Gasteiger partial charge >= 0.3 is 0 Å². The van der Waals surface area contributed by atoms with Crippen LogP contribution in [0.3, 0.4) is 0 Å². The average molecular weight is 1160 g/mol. The molecule has 3 unspecified atom stereocenters. The van der Waals surface area contributed by atoms with Crippen LogP contribution in [0.1, 0.15) is 200 Å². The molecule has 0 radical (unpaired) electrons. The smallest absolute Gasteiger partial charge is 0.246 e. The number of aliphatic hydroxyl groups excluding tert-OH is 2. The average Bonchev–Trinajstić information content (AvgIpc) is 3.89. The summed E-state index contributed by atoms with van der Waals surface area (Å²) in [7, 11) is 1.80. The summed E-state index contributed by atoms with van der Waals surface area (Å²) < 4.78 is 0. The SMILES string of the molecule is CCCCCCCC[C@H](N)C(=O)N1CCC[C@H]1C(=O)N[C@@H](CC(C)CC(O)CC(=O)CC)C(=O)N[C@@H](C)C(=O)NC(C)(C)C(=O)N[C@H](C(=O)N[C@H](C(=O)NC(C)(C)C(=O)NC(C)(C)C(=O)NC(C)CN(C)CCO)[C@@H](C)CC)[C@@H](C)CC. The van der Waals surface area contributed by atoms with Crippen molar-refractivity contribution >= 4 is 58.9 Å². The number of Topliss-reactive ketones (excluding diaryl/α,β-unsaturated/α-hetero) is 1. The van der Waals surface area contributed by atoms with E-state index in [4.69, 9.17) is 5.73 Å². The molecule has 1 heterocycles. The Morgan fingerprint density at radius 3 is 1.76 bits per heavy atom. The van der Waals surface area contributed by atoms with Gasteiger partial charge < -0.3 is 68.3 Å². The number of aliphatic hydroxyl groups is 2. The van der Waals surface area contributed by atoms with Crippen molar-refractivity contribution in [2.45, 2.75) is 265 Å². The van der Waals surface area contributed by atoms with Crippen molar-refractivity contribution in [3.8, 4) is 0 Å². The van der Waals surface area contributed by atoms with Gasteiger partial charge in [0, 0.05) is 38.5 Å². The second kappa shape index (κ2) is 35.8. The molecular formula is C59H109N11O12. The number of carbonyl (C=O) groups is 10. The molecule has 0 spiro atoms. The Morgan fingerprint density at radius 1 is 0.646 bits per heavy atom. The highest BCUT2D eigenvalue weighted by Gasteiger charge is 2.42. The lowest BCUT2D eigenvalue weighted by molar-refractivity contribution is -0.141. The van der Waals surface area contributed by atoms with E-state index in [0.717, 1.165) is 38.5 Å². The summed E-state index contributed by atoms with van der Waals surface area (Å²) in [5, 5.41) is 41.9. The minimum Gasteiger partial charge on any atom is -0.395 e. The van der Waals surface area contributed by atoms with E-state index in [-0.39, 0.29) is 50.0 Å². The molecule has 0 aromatic carbocycles. The number of unbranched alkanes of at least 4 members (excludes halogenated alkanes) is 5. The molecule has 1 aliphatic rings. The van der Waals surface area contributed by atoms with Crippen molar-refractivity contribution in [2.24, 2.45) is 23.5 Å². The second-order valence-corrected chi connectivity index (χ2v) is 24.8. The van der Waals surface area contributed by atoms with Gasteiger partial charge in [0.2, 0.25) is 53.2 Å². The van der Waals surface area contributed by atoms with Crippen molar-refractivity contribution in [1.29, 1.82) is 0 Å². The van der Waals surface area contributed by atoms with Crippen LogP contribution in [0.4, 0.5) is 0 Å². The first-order chi connectivity index (χ1) is 38.1. The minimum atomic E-state index is -1.69. The maximum absolute atomic E-state index is 14.3. The number of ketones is 1. The summed E-state index contributed by atoms with van der Waals surface area (Å²) in [5.74, 6) is -7.18. The Hall–Kier alpha value is -5.26. The molecule has 472 valence electrons. The van der Waals surface area contributed by atoms with Gasteiger partial charge in [-0.05, 0) is 112 Å². The van der Waals surface area contributed by atoms with Gasteiger partial charge in [0.15, 0.2) is 0 Å². The van der Waals surface area contributed by atoms with Crippen LogP contribution in [0.2, 0.25) is 0 Å². The zero-order valence-corrected chi connectivity index (χ0v) is 52.7. The van der Waals surface area contributed by atoms with E-state index in [1.165, 1.54) is 53.4 Å². The Morgan fingerprint density at radius 2 is 1.18 bits per heavy atom. The lowest BCUT2D eigenvalue weighted by atomic mass is 9.92. The monoisotopic (exact) mass is 1160 g/mol. The molecule has 12 N–H and O–H groups in total. The first-order valence-corrected chi connectivity index (χ1v) is 30.2. The Bertz CT molecular complexity index is 2110. The maximum atomic E-state index is 14.3. The molecule has 1 fully saturated rings. The van der Waals surface area contributed by atoms with E-state index in [0.29, 0.717) is 51.7 Å². The summed E-state index contributed by atoms with van der Waals surface area (Å²) in [6.45, 7) is 25.9. The van der Waals surface area contributed by atoms with Crippen LogP contribution in [0.25, 0.3) is 0 Å². The van der Waals surface area contributed by atoms with Gasteiger partial charge in [0.05, 0.1) is 18.8 Å². The first kappa shape index (κ1) is 74.8. The van der Waals surface area contributed by atoms with Crippen molar-refractivity contribution in [2.75, 3.05) is 33.3 Å². The maximum Gasteiger partial charge on any atom is 0.246 e. The highest BCUT2D eigenvalue weighted by Crippen LogP contribution is 2.23. The first-order valence-electron chi connectivity index (χ1n) is 30.2. The topological polar surface area (TPSA) is 340 Å². The Balaban J connectivity index is 3.27. The van der Waals surface area contributed by atoms with Crippen LogP contribution in [0, 0.1) is 17.8 Å². The van der Waals surface area contributed by atoms with Crippen LogP contribution < -0.4 is 48.3 Å². The highest BCUT2D eigenvalue weighted by atomic mass is 16.3. The van der Waals surface area contributed by atoms with Crippen LogP contribution in [0.15, 0.2) is 0 Å². The number of hydrogen-bond donors (Lipinski definition) is 11. The molecule has 82 heavy (non-hydrogen) atoms. The Kier molecular flexibility index (Phi) is 32.6. The molecule has 1 rings (SSSR count). The molecule has 9 amide bonds. The standard InChI is InChI=1S/C59H109N11O12/c1-17-21-22-23-24-25-27-43(60)53(79)70-29-26-28-45(70)50(76)63-44(33-36(5)32-42(73)34-41(72)20-4)49(75)62-40(9)48(74)66-57(10,11)55(81)65-46(37(6)18-2)51(77)64-47(38(7)19-3)52(78)67-59(14,15)56(82)68-58(12,13)54(80)61-39(8)35-69(16)30-31-71/h36-40,42-47,71,73H,17-35,60H2,1-16H3,(H,61,80)(H,62,75)(H,63,76)(H,64,77)(H,65,81)(H,66,74)(H,67,78)(H,68,82)/t36?,37-,38-,39?,40-,42?,43-,44-,45-,46-,47-/m0/s1. The number of hydrogen-bond acceptors (Lipinski definition) is 14. The van der Waals surface area contributed by atoms with E-state index in [1.54, 1.807) is 41.7 Å². The van der Waals surface area contributed by atoms with E-state index in [9.17, 15) is 58.2 Å². The summed E-state index contributed by atoms with van der Waals surface area (Å²) in [6, 6.07) is -6.90. The van der Waals surface area contributed by atoms with Gasteiger partial charge in [-0.1, -0.05) is 99.8 Å². The normalized spacial score (nSPS) is 17.6. The minimum absolute atomic E-state index is 0.00559. The molecule has 0 saturated carbocycles. The largest absolute Gasteiger partial charge is 0.395 e. The third-order valence-corrected chi connectivity index (χ3v) is 15.6. The molecular weight excluding hydrogens is 1050 g/mol. The van der Waals surface area contributed by atoms with Gasteiger partial charge in [0.1, 0.15) is 52.6 Å². The predicted octanol–water partition coefficient (Wildman–Crippen LogP) is 2.37. The lowest BCUT2D eigenvalue weighted by Crippen LogP contribution is -2.66. The van der Waals surface area contributed by atoms with Gasteiger partial charge in [-0.15, -0.1) is 0 Å². The number of nitrogens with two attached hydrogens (primary N) is 1. The number of likely N-dealkylation sites (N-methyl/N-ethyl adjacent to an activating group) is 1. The van der Waals surface area contributed by atoms with Gasteiger partial charge in [-0.25, -0.2) is 0 Å². The van der Waals surface area contributed by atoms with Crippen LogP contribution >= 0.6 is 0 Å². The number of nitrogens with zero attached hydrogens (tertiary/aromatic N) is 2. The van der Waals surface area contributed by atoms with Crippen molar-refractivity contribution in [3.05, 3.63) is 0 Å². The molecule has 1 aliphatic heterocycles. The number of nitrogens with one attached hydrogen (secondary N) is 8. The molecule has 0 aliphatic carbocycles. The van der Waals surface area contributed by atoms with Gasteiger partial charge in [-0.2, -0.15) is 0 Å². The van der Waals surface area contributed by atoms with E-state index in [1.807, 2.05) is 18.7 Å². The fraction of sp³-hybridized carbons (Fsp3) is 0.831. The van der Waals surface area contributed by atoms with Gasteiger partial charge in [-0.3, -0.25) is 47.9 Å². The summed E-state index contributed by atoms with van der Waals surface area (Å²) >= 11 is 0. The van der Waals surface area contributed by atoms with Crippen LogP contribution in [0.5, 0.6) is 0 Å². The number of amides is 9. The molecule has 1 saturated heterocycles. The van der Waals surface area contributed by atoms with Crippen molar-refractivity contribution in [1.82, 2.24) is 52.3 Å². The van der Waals surface area contributed by atoms with Crippen molar-refractivity contribution in [3.63, 3.8) is 0 Å². The quantitative estimate of drug-likeness (QED) is 0.0394. The van der Waals surface area contributed by atoms with Crippen LogP contribution in [-0.4, -0.2) is 177 Å². The molecule has 11 atom stereocenters. The zero-order valence-electron chi connectivity index (χ0n) is 52.7. The highest BCUT2D eigenvalue weighted by molar-refractivity contribution is 6.00. The molecule has 0 bridgehead atoms. The summed E-state index contributed by atoms with van der Waals surface area (Å²) in [6.07, 6.45) is 7.72. The number of carbonyl (C=O) groups excluding carboxylic acids is 10. The predicted molar refractivity (Wildman–Crippen MR) is 316 cm³/mol. The summed E-state index contributed by atoms with van der Waals surface area (Å²) in [4.78, 5) is 141. The molecule has 0 aromatic rings. The zero-order chi connectivity index (χ0) is 62.9. The van der Waals surface area contributed by atoms with Crippen molar-refractivity contribution < 1.29 is 58.2 Å². The van der Waals surface area contributed by atoms with Crippen LogP contribution in [-0.2, 0) is 47.9 Å². The third kappa shape index (κ3) is 25.3. The molecule has 0 aromatic heterocycles. The fourth-order valence-corrected chi connectivity index (χ4v) is 9.68. The van der Waals surface area contributed by atoms with E-state index >= 15 is 0 Å². The van der Waals surface area contributed by atoms with E-state index in [2.05, 4.69) is 49.5 Å². The second-order valence-electron chi connectivity index (χ2n) is 24.8. The van der Waals surface area contributed by atoms with E-state index < -0.39 is 124 Å². The number of rotatable bonds is 39. The van der Waals surface area contributed by atoms with Gasteiger partial charge in [0.25, 0.3) is 0 Å². The number of likely N-dealkylation sites (tertiary alicyclic amines) is 1. The summed E-state index contributed by atoms with van der Waals surface area (Å²) in [5.41, 5.74) is 1.70. The molecule has 23 heteroatoms. The lowest BCUT2D eigenvalue weighted by Gasteiger charge is -2.35.